The number of nitrogens with zero attached hydrogens (tertiary/aromatic N) is 1. The molecule has 4 rings (SSSR count). The van der Waals surface area contributed by atoms with E-state index < -0.39 is 0 Å². The van der Waals surface area contributed by atoms with Crippen molar-refractivity contribution in [2.24, 2.45) is 0 Å². The molecule has 0 unspecified atom stereocenters. The predicted octanol–water partition coefficient (Wildman–Crippen LogP) is 5.06. The average molecular weight is 328 g/mol. The van der Waals surface area contributed by atoms with Gasteiger partial charge in [0.25, 0.3) is 5.91 Å². The van der Waals surface area contributed by atoms with E-state index in [4.69, 9.17) is 4.42 Å². The molecule has 2 aromatic carbocycles. The van der Waals surface area contributed by atoms with Crippen LogP contribution in [0.5, 0.6) is 0 Å². The van der Waals surface area contributed by atoms with E-state index in [1.807, 2.05) is 61.5 Å². The zero-order valence-electron chi connectivity index (χ0n) is 13.7. The number of hydrogen-bond acceptors (Lipinski definition) is 3. The summed E-state index contributed by atoms with van der Waals surface area (Å²) in [5.74, 6) is 0.465. The van der Waals surface area contributed by atoms with Gasteiger partial charge >= 0.3 is 0 Å². The summed E-state index contributed by atoms with van der Waals surface area (Å²) in [5.41, 5.74) is 3.82. The topological polar surface area (TPSA) is 55.1 Å². The van der Waals surface area contributed by atoms with E-state index in [1.165, 1.54) is 0 Å². The van der Waals surface area contributed by atoms with Crippen LogP contribution in [-0.4, -0.2) is 10.9 Å². The number of nitrogens with one attached hydrogen (secondary N) is 1. The van der Waals surface area contributed by atoms with Crippen molar-refractivity contribution < 1.29 is 9.21 Å². The van der Waals surface area contributed by atoms with Gasteiger partial charge in [-0.1, -0.05) is 30.3 Å². The fraction of sp³-hybridized carbons (Fsp3) is 0.0476. The number of pyridine rings is 1. The van der Waals surface area contributed by atoms with Crippen LogP contribution < -0.4 is 5.32 Å². The molecular weight excluding hydrogens is 312 g/mol. The fourth-order valence-electron chi connectivity index (χ4n) is 2.84. The standard InChI is InChI=1S/C21H16N2O2/c1-14-6-4-7-15(12-14)22-21(24)17-13-19(20-10-5-11-25-20)23-18-9-3-2-8-16(17)18/h2-13H,1H3,(H,22,24). The molecule has 4 aromatic rings. The van der Waals surface area contributed by atoms with Gasteiger partial charge in [-0.3, -0.25) is 4.79 Å². The van der Waals surface area contributed by atoms with Crippen molar-refractivity contribution in [3.63, 3.8) is 0 Å². The number of rotatable bonds is 3. The molecule has 0 saturated carbocycles. The van der Waals surface area contributed by atoms with Crippen molar-refractivity contribution >= 4 is 22.5 Å². The van der Waals surface area contributed by atoms with Crippen LogP contribution in [0.2, 0.25) is 0 Å². The van der Waals surface area contributed by atoms with E-state index in [0.717, 1.165) is 22.2 Å². The van der Waals surface area contributed by atoms with Crippen molar-refractivity contribution in [2.75, 3.05) is 5.32 Å². The summed E-state index contributed by atoms with van der Waals surface area (Å²) in [7, 11) is 0. The lowest BCUT2D eigenvalue weighted by Gasteiger charge is -2.10. The molecule has 1 amide bonds. The molecule has 0 bridgehead atoms. The molecule has 4 heteroatoms. The minimum atomic E-state index is -0.169. The Bertz CT molecular complexity index is 1050. The molecule has 0 aliphatic carbocycles. The summed E-state index contributed by atoms with van der Waals surface area (Å²) >= 11 is 0. The van der Waals surface area contributed by atoms with Gasteiger partial charge in [-0.2, -0.15) is 0 Å². The quantitative estimate of drug-likeness (QED) is 0.572. The van der Waals surface area contributed by atoms with Crippen LogP contribution in [-0.2, 0) is 0 Å². The van der Waals surface area contributed by atoms with E-state index in [1.54, 1.807) is 18.4 Å². The maximum Gasteiger partial charge on any atom is 0.256 e. The van der Waals surface area contributed by atoms with E-state index in [-0.39, 0.29) is 5.91 Å². The van der Waals surface area contributed by atoms with Gasteiger partial charge in [0.2, 0.25) is 0 Å². The normalized spacial score (nSPS) is 10.8. The minimum absolute atomic E-state index is 0.169. The lowest BCUT2D eigenvalue weighted by atomic mass is 10.1. The van der Waals surface area contributed by atoms with Crippen LogP contribution in [0.1, 0.15) is 15.9 Å². The summed E-state index contributed by atoms with van der Waals surface area (Å²) in [5, 5.41) is 3.77. The molecule has 2 heterocycles. The summed E-state index contributed by atoms with van der Waals surface area (Å²) in [4.78, 5) is 17.5. The van der Waals surface area contributed by atoms with Gasteiger partial charge in [-0.05, 0) is 48.9 Å². The van der Waals surface area contributed by atoms with Crippen LogP contribution in [0, 0.1) is 6.92 Å². The van der Waals surface area contributed by atoms with Crippen LogP contribution in [0.4, 0.5) is 5.69 Å². The lowest BCUT2D eigenvalue weighted by molar-refractivity contribution is 0.102. The molecule has 0 fully saturated rings. The number of hydrogen-bond donors (Lipinski definition) is 1. The van der Waals surface area contributed by atoms with Gasteiger partial charge in [-0.25, -0.2) is 4.98 Å². The third kappa shape index (κ3) is 3.02. The summed E-state index contributed by atoms with van der Waals surface area (Å²) in [6.45, 7) is 1.99. The zero-order chi connectivity index (χ0) is 17.2. The first-order valence-corrected chi connectivity index (χ1v) is 8.02. The maximum absolute atomic E-state index is 12.9. The second-order valence-corrected chi connectivity index (χ2v) is 5.87. The molecule has 0 spiro atoms. The second kappa shape index (κ2) is 6.24. The van der Waals surface area contributed by atoms with E-state index in [2.05, 4.69) is 10.3 Å². The largest absolute Gasteiger partial charge is 0.463 e. The molecule has 4 nitrogen and oxygen atoms in total. The number of anilines is 1. The smallest absolute Gasteiger partial charge is 0.256 e. The summed E-state index contributed by atoms with van der Waals surface area (Å²) < 4.78 is 5.44. The van der Waals surface area contributed by atoms with Crippen molar-refractivity contribution in [1.82, 2.24) is 4.98 Å². The fourth-order valence-corrected chi connectivity index (χ4v) is 2.84. The highest BCUT2D eigenvalue weighted by molar-refractivity contribution is 6.13. The molecule has 0 aliphatic rings. The van der Waals surface area contributed by atoms with Crippen LogP contribution >= 0.6 is 0 Å². The first-order chi connectivity index (χ1) is 12.2. The highest BCUT2D eigenvalue weighted by Gasteiger charge is 2.15. The van der Waals surface area contributed by atoms with E-state index >= 15 is 0 Å². The Morgan fingerprint density at radius 1 is 1.00 bits per heavy atom. The Morgan fingerprint density at radius 2 is 1.88 bits per heavy atom. The third-order valence-electron chi connectivity index (χ3n) is 4.01. The monoisotopic (exact) mass is 328 g/mol. The number of amides is 1. The van der Waals surface area contributed by atoms with Gasteiger partial charge in [0, 0.05) is 11.1 Å². The maximum atomic E-state index is 12.9. The average Bonchev–Trinajstić information content (AvgIpc) is 3.15. The van der Waals surface area contributed by atoms with Crippen molar-refractivity contribution in [2.45, 2.75) is 6.92 Å². The van der Waals surface area contributed by atoms with Gasteiger partial charge in [-0.15, -0.1) is 0 Å². The second-order valence-electron chi connectivity index (χ2n) is 5.87. The molecule has 25 heavy (non-hydrogen) atoms. The van der Waals surface area contributed by atoms with Crippen molar-refractivity contribution in [3.05, 3.63) is 84.1 Å². The van der Waals surface area contributed by atoms with Gasteiger partial charge in [0.1, 0.15) is 5.69 Å². The van der Waals surface area contributed by atoms with Gasteiger partial charge < -0.3 is 9.73 Å². The van der Waals surface area contributed by atoms with Crippen molar-refractivity contribution in [3.8, 4) is 11.5 Å². The number of furan rings is 1. The Balaban J connectivity index is 1.80. The number of aromatic nitrogens is 1. The number of aryl methyl sites for hydroxylation is 1. The van der Waals surface area contributed by atoms with Crippen LogP contribution in [0.3, 0.4) is 0 Å². The van der Waals surface area contributed by atoms with Gasteiger partial charge in [0.05, 0.1) is 17.3 Å². The molecule has 122 valence electrons. The zero-order valence-corrected chi connectivity index (χ0v) is 13.7. The number of fused-ring (bicyclic) bond motifs is 1. The predicted molar refractivity (Wildman–Crippen MR) is 98.6 cm³/mol. The lowest BCUT2D eigenvalue weighted by Crippen LogP contribution is -2.13. The molecule has 0 atom stereocenters. The molecule has 1 N–H and O–H groups in total. The van der Waals surface area contributed by atoms with Crippen LogP contribution in [0.15, 0.2) is 77.4 Å². The Hall–Kier alpha value is -3.40. The number of carbonyl (C=O) groups is 1. The Morgan fingerprint density at radius 3 is 2.68 bits per heavy atom. The highest BCUT2D eigenvalue weighted by Crippen LogP contribution is 2.26. The first-order valence-electron chi connectivity index (χ1n) is 8.02. The molecule has 0 saturated heterocycles. The van der Waals surface area contributed by atoms with Gasteiger partial charge in [0.15, 0.2) is 5.76 Å². The molecular formula is C21H16N2O2. The molecule has 0 radical (unpaired) electrons. The number of para-hydroxylation sites is 1. The van der Waals surface area contributed by atoms with E-state index in [9.17, 15) is 4.79 Å². The summed E-state index contributed by atoms with van der Waals surface area (Å²) in [6, 6.07) is 20.7. The van der Waals surface area contributed by atoms with Crippen molar-refractivity contribution in [1.29, 1.82) is 0 Å². The van der Waals surface area contributed by atoms with E-state index in [0.29, 0.717) is 17.0 Å². The Labute approximate surface area is 145 Å². The first kappa shape index (κ1) is 15.1. The van der Waals surface area contributed by atoms with Crippen LogP contribution in [0.25, 0.3) is 22.4 Å². The Kier molecular flexibility index (Phi) is 3.78. The molecule has 0 aliphatic heterocycles. The molecule has 2 aromatic heterocycles. The number of carbonyl (C=O) groups excluding carboxylic acids is 1. The SMILES string of the molecule is Cc1cccc(NC(=O)c2cc(-c3ccco3)nc3ccccc23)c1. The third-order valence-corrected chi connectivity index (χ3v) is 4.01. The minimum Gasteiger partial charge on any atom is -0.463 e. The summed E-state index contributed by atoms with van der Waals surface area (Å²) in [6.07, 6.45) is 1.60. The highest BCUT2D eigenvalue weighted by atomic mass is 16.3. The number of benzene rings is 2.